The van der Waals surface area contributed by atoms with Crippen molar-refractivity contribution < 1.29 is 22.7 Å². The summed E-state index contributed by atoms with van der Waals surface area (Å²) in [5, 5.41) is 0.745. The normalized spacial score (nSPS) is 14.6. The SMILES string of the molecule is CCOC(=O)Oc1c[nH]c2c(=O)[nH]c3ccc(S(=O)(=O)NC4CC4)cc3c12. The van der Waals surface area contributed by atoms with Crippen LogP contribution in [0.2, 0.25) is 0 Å². The highest BCUT2D eigenvalue weighted by Crippen LogP contribution is 2.32. The van der Waals surface area contributed by atoms with Crippen LogP contribution in [0.25, 0.3) is 21.8 Å². The summed E-state index contributed by atoms with van der Waals surface area (Å²) in [7, 11) is -3.68. The van der Waals surface area contributed by atoms with E-state index in [4.69, 9.17) is 9.47 Å². The van der Waals surface area contributed by atoms with Crippen LogP contribution in [0.4, 0.5) is 4.79 Å². The molecule has 2 heterocycles. The molecule has 1 aliphatic rings. The zero-order chi connectivity index (χ0) is 19.2. The van der Waals surface area contributed by atoms with Gasteiger partial charge in [0.2, 0.25) is 10.0 Å². The third-order valence-electron chi connectivity index (χ3n) is 4.24. The second-order valence-electron chi connectivity index (χ2n) is 6.25. The number of carbonyl (C=O) groups is 1. The fourth-order valence-electron chi connectivity index (χ4n) is 2.85. The highest BCUT2D eigenvalue weighted by molar-refractivity contribution is 7.89. The fraction of sp³-hybridized carbons (Fsp3) is 0.294. The van der Waals surface area contributed by atoms with Crippen molar-refractivity contribution in [3.05, 3.63) is 34.7 Å². The van der Waals surface area contributed by atoms with Crippen molar-refractivity contribution in [2.24, 2.45) is 0 Å². The number of sulfonamides is 1. The smallest absolute Gasteiger partial charge is 0.434 e. The van der Waals surface area contributed by atoms with Crippen molar-refractivity contribution >= 4 is 38.0 Å². The number of ether oxygens (including phenoxy) is 2. The van der Waals surface area contributed by atoms with Crippen LogP contribution in [0, 0.1) is 0 Å². The van der Waals surface area contributed by atoms with E-state index in [1.165, 1.54) is 24.4 Å². The number of nitrogens with one attached hydrogen (secondary N) is 3. The standard InChI is InChI=1S/C17H17N3O6S/c1-2-25-17(22)26-13-8-18-15-14(13)11-7-10(5-6-12(11)19-16(15)21)27(23,24)20-9-3-4-9/h5-9,18,20H,2-4H2,1H3,(H,19,21). The van der Waals surface area contributed by atoms with E-state index in [-0.39, 0.29) is 28.8 Å². The van der Waals surface area contributed by atoms with Crippen molar-refractivity contribution in [2.75, 3.05) is 6.61 Å². The van der Waals surface area contributed by atoms with Crippen molar-refractivity contribution in [2.45, 2.75) is 30.7 Å². The Bertz CT molecular complexity index is 1210. The van der Waals surface area contributed by atoms with E-state index < -0.39 is 21.7 Å². The lowest BCUT2D eigenvalue weighted by Crippen LogP contribution is -2.25. The molecule has 10 heteroatoms. The summed E-state index contributed by atoms with van der Waals surface area (Å²) in [5.74, 6) is 0.0873. The number of carbonyl (C=O) groups excluding carboxylic acids is 1. The molecule has 27 heavy (non-hydrogen) atoms. The third-order valence-corrected chi connectivity index (χ3v) is 5.76. The second kappa shape index (κ2) is 6.39. The first kappa shape index (κ1) is 17.6. The number of rotatable bonds is 5. The van der Waals surface area contributed by atoms with Crippen molar-refractivity contribution in [1.82, 2.24) is 14.7 Å². The maximum atomic E-state index is 12.5. The summed E-state index contributed by atoms with van der Waals surface area (Å²) >= 11 is 0. The predicted octanol–water partition coefficient (Wildman–Crippen LogP) is 1.99. The van der Waals surface area contributed by atoms with Crippen molar-refractivity contribution in [3.63, 3.8) is 0 Å². The Morgan fingerprint density at radius 3 is 2.81 bits per heavy atom. The molecule has 1 aromatic carbocycles. The zero-order valence-electron chi connectivity index (χ0n) is 14.4. The second-order valence-corrected chi connectivity index (χ2v) is 7.96. The molecule has 0 unspecified atom stereocenters. The highest BCUT2D eigenvalue weighted by atomic mass is 32.2. The topological polar surface area (TPSA) is 130 Å². The van der Waals surface area contributed by atoms with Gasteiger partial charge < -0.3 is 19.4 Å². The molecule has 1 aliphatic carbocycles. The van der Waals surface area contributed by atoms with Gasteiger partial charge in [0.05, 0.1) is 16.9 Å². The van der Waals surface area contributed by atoms with Crippen LogP contribution in [-0.4, -0.2) is 37.2 Å². The summed E-state index contributed by atoms with van der Waals surface area (Å²) in [6, 6.07) is 4.35. The molecule has 1 saturated carbocycles. The Kier molecular flexibility index (Phi) is 4.16. The summed E-state index contributed by atoms with van der Waals surface area (Å²) in [5.41, 5.74) is 0.181. The lowest BCUT2D eigenvalue weighted by molar-refractivity contribution is 0.105. The van der Waals surface area contributed by atoms with E-state index in [0.717, 1.165) is 12.8 Å². The van der Waals surface area contributed by atoms with Gasteiger partial charge in [0.15, 0.2) is 5.75 Å². The first-order valence-electron chi connectivity index (χ1n) is 8.43. The molecule has 3 N–H and O–H groups in total. The van der Waals surface area contributed by atoms with Gasteiger partial charge >= 0.3 is 6.16 Å². The average molecular weight is 391 g/mol. The van der Waals surface area contributed by atoms with Crippen LogP contribution in [0.15, 0.2) is 34.1 Å². The Labute approximate surface area is 153 Å². The average Bonchev–Trinajstić information content (AvgIpc) is 3.31. The molecule has 142 valence electrons. The number of benzene rings is 1. The van der Waals surface area contributed by atoms with Crippen LogP contribution in [0.5, 0.6) is 5.75 Å². The molecule has 0 saturated heterocycles. The Balaban J connectivity index is 1.89. The zero-order valence-corrected chi connectivity index (χ0v) is 15.2. The molecule has 3 aromatic rings. The maximum absolute atomic E-state index is 12.5. The predicted molar refractivity (Wildman–Crippen MR) is 97.4 cm³/mol. The van der Waals surface area contributed by atoms with Crippen molar-refractivity contribution in [3.8, 4) is 5.75 Å². The Morgan fingerprint density at radius 1 is 1.33 bits per heavy atom. The van der Waals surface area contributed by atoms with E-state index in [1.54, 1.807) is 6.92 Å². The number of pyridine rings is 1. The van der Waals surface area contributed by atoms with Crippen molar-refractivity contribution in [1.29, 1.82) is 0 Å². The van der Waals surface area contributed by atoms with Gasteiger partial charge in [-0.25, -0.2) is 17.9 Å². The summed E-state index contributed by atoms with van der Waals surface area (Å²) in [4.78, 5) is 29.4. The van der Waals surface area contributed by atoms with E-state index in [1.807, 2.05) is 0 Å². The maximum Gasteiger partial charge on any atom is 0.513 e. The Hall–Kier alpha value is -2.85. The molecule has 0 radical (unpaired) electrons. The lowest BCUT2D eigenvalue weighted by Gasteiger charge is -2.08. The largest absolute Gasteiger partial charge is 0.513 e. The van der Waals surface area contributed by atoms with Crippen LogP contribution in [0.1, 0.15) is 19.8 Å². The molecule has 0 amide bonds. The van der Waals surface area contributed by atoms with Gasteiger partial charge in [0.1, 0.15) is 5.52 Å². The number of H-pyrrole nitrogens is 2. The molecular weight excluding hydrogens is 374 g/mol. The Morgan fingerprint density at radius 2 is 2.11 bits per heavy atom. The van der Waals surface area contributed by atoms with Crippen LogP contribution in [-0.2, 0) is 14.8 Å². The van der Waals surface area contributed by atoms with E-state index in [9.17, 15) is 18.0 Å². The molecule has 4 rings (SSSR count). The number of fused-ring (bicyclic) bond motifs is 3. The molecular formula is C17H17N3O6S. The molecule has 0 bridgehead atoms. The minimum atomic E-state index is -3.68. The van der Waals surface area contributed by atoms with Crippen LogP contribution >= 0.6 is 0 Å². The molecule has 1 fully saturated rings. The van der Waals surface area contributed by atoms with Gasteiger partial charge in [0, 0.05) is 23.1 Å². The van der Waals surface area contributed by atoms with E-state index >= 15 is 0 Å². The van der Waals surface area contributed by atoms with E-state index in [2.05, 4.69) is 14.7 Å². The van der Waals surface area contributed by atoms with E-state index in [0.29, 0.717) is 16.3 Å². The first-order chi connectivity index (χ1) is 12.9. The number of aromatic amines is 2. The quantitative estimate of drug-likeness (QED) is 0.570. The number of aromatic nitrogens is 2. The first-order valence-corrected chi connectivity index (χ1v) is 9.91. The summed E-state index contributed by atoms with van der Waals surface area (Å²) < 4.78 is 37.6. The van der Waals surface area contributed by atoms with Crippen LogP contribution in [0.3, 0.4) is 0 Å². The minimum Gasteiger partial charge on any atom is -0.434 e. The van der Waals surface area contributed by atoms with Crippen LogP contribution < -0.4 is 15.0 Å². The highest BCUT2D eigenvalue weighted by Gasteiger charge is 2.28. The molecule has 0 aliphatic heterocycles. The van der Waals surface area contributed by atoms with Gasteiger partial charge in [0.25, 0.3) is 5.56 Å². The van der Waals surface area contributed by atoms with Gasteiger partial charge in [-0.2, -0.15) is 0 Å². The summed E-state index contributed by atoms with van der Waals surface area (Å²) in [6.07, 6.45) is 2.09. The third kappa shape index (κ3) is 3.28. The molecule has 0 atom stereocenters. The van der Waals surface area contributed by atoms with Gasteiger partial charge in [-0.3, -0.25) is 4.79 Å². The summed E-state index contributed by atoms with van der Waals surface area (Å²) in [6.45, 7) is 1.78. The minimum absolute atomic E-state index is 0.0312. The van der Waals surface area contributed by atoms with Gasteiger partial charge in [-0.15, -0.1) is 0 Å². The lowest BCUT2D eigenvalue weighted by atomic mass is 10.1. The van der Waals surface area contributed by atoms with Gasteiger partial charge in [-0.05, 0) is 38.0 Å². The van der Waals surface area contributed by atoms with Gasteiger partial charge in [-0.1, -0.05) is 0 Å². The fourth-order valence-corrected chi connectivity index (χ4v) is 4.18. The molecule has 0 spiro atoms. The number of hydrogen-bond donors (Lipinski definition) is 3. The monoisotopic (exact) mass is 391 g/mol. The molecule has 2 aromatic heterocycles. The molecule has 9 nitrogen and oxygen atoms in total. The number of hydrogen-bond acceptors (Lipinski definition) is 6.